The monoisotopic (exact) mass is 680 g/mol. The number of nitrogens with zero attached hydrogens (tertiary/aromatic N) is 2. The molecule has 0 spiro atoms. The van der Waals surface area contributed by atoms with E-state index in [4.69, 9.17) is 0 Å². The molecular weight excluding hydrogens is 649 g/mol. The molecule has 3 heteroatoms. The van der Waals surface area contributed by atoms with Gasteiger partial charge in [-0.15, -0.1) is 11.3 Å². The lowest BCUT2D eigenvalue weighted by molar-refractivity contribution is 0.564. The Morgan fingerprint density at radius 1 is 0.423 bits per heavy atom. The fourth-order valence-corrected chi connectivity index (χ4v) is 10.2. The van der Waals surface area contributed by atoms with Crippen LogP contribution >= 0.6 is 11.3 Å². The van der Waals surface area contributed by atoms with Gasteiger partial charge in [-0.05, 0) is 70.3 Å². The lowest BCUT2D eigenvalue weighted by atomic mass is 9.80. The summed E-state index contributed by atoms with van der Waals surface area (Å²) in [5.41, 5.74) is 11.6. The maximum atomic E-state index is 2.68. The van der Waals surface area contributed by atoms with Gasteiger partial charge in [-0.1, -0.05) is 152 Å². The van der Waals surface area contributed by atoms with Crippen molar-refractivity contribution >= 4 is 70.4 Å². The summed E-state index contributed by atoms with van der Waals surface area (Å²) in [6.07, 6.45) is 0. The van der Waals surface area contributed by atoms with Crippen molar-refractivity contribution in [3.8, 4) is 11.1 Å². The summed E-state index contributed by atoms with van der Waals surface area (Å²) in [5, 5.41) is 5.03. The Labute approximate surface area is 306 Å². The molecule has 0 aliphatic heterocycles. The molecule has 2 nitrogen and oxygen atoms in total. The summed E-state index contributed by atoms with van der Waals surface area (Å²) in [6, 6.07) is 71.5. The van der Waals surface area contributed by atoms with E-state index in [1.54, 1.807) is 0 Å². The number of benzene rings is 8. The van der Waals surface area contributed by atoms with Gasteiger partial charge in [0.1, 0.15) is 5.54 Å². The van der Waals surface area contributed by atoms with Crippen LogP contribution in [0.1, 0.15) is 16.7 Å². The van der Waals surface area contributed by atoms with Gasteiger partial charge in [0.2, 0.25) is 0 Å². The maximum absolute atomic E-state index is 2.68. The molecule has 10 aromatic rings. The Bertz CT molecular complexity index is 2930. The average Bonchev–Trinajstić information content (AvgIpc) is 3.86. The van der Waals surface area contributed by atoms with Crippen LogP contribution in [-0.2, 0) is 5.54 Å². The minimum absolute atomic E-state index is 0.644. The van der Waals surface area contributed by atoms with Crippen molar-refractivity contribution in [2.24, 2.45) is 0 Å². The highest BCUT2D eigenvalue weighted by molar-refractivity contribution is 7.26. The lowest BCUT2D eigenvalue weighted by Gasteiger charge is -2.38. The molecule has 1 aliphatic rings. The molecule has 244 valence electrons. The zero-order valence-electron chi connectivity index (χ0n) is 28.3. The molecule has 0 saturated carbocycles. The summed E-state index contributed by atoms with van der Waals surface area (Å²) >= 11 is 1.86. The quantitative estimate of drug-likeness (QED) is 0.176. The van der Waals surface area contributed by atoms with Gasteiger partial charge in [-0.2, -0.15) is 0 Å². The lowest BCUT2D eigenvalue weighted by Crippen LogP contribution is -2.36. The molecule has 0 saturated heterocycles. The molecule has 1 aliphatic carbocycles. The second-order valence-corrected chi connectivity index (χ2v) is 14.7. The highest BCUT2D eigenvalue weighted by Crippen LogP contribution is 2.57. The molecular formula is C49H32N2S. The molecule has 2 heterocycles. The van der Waals surface area contributed by atoms with E-state index in [0.717, 1.165) is 11.4 Å². The number of hydrogen-bond donors (Lipinski definition) is 0. The number of fused-ring (bicyclic) bond motifs is 9. The highest BCUT2D eigenvalue weighted by atomic mass is 32.1. The van der Waals surface area contributed by atoms with Crippen molar-refractivity contribution in [2.75, 3.05) is 4.90 Å². The standard InChI is InChI=1S/C49H32N2S/c1-3-17-33(18-4-1)49(40-26-11-7-21-35(40)36-22-8-12-27-41(36)49)51-42-28-13-9-23-37(42)38-25-15-30-44(48(38)51)50(34-19-5-2-6-20-34)43-29-16-32-46-47(43)39-24-10-14-31-45(39)52-46/h1-32H. The average molecular weight is 681 g/mol. The zero-order valence-corrected chi connectivity index (χ0v) is 29.1. The SMILES string of the molecule is c1ccc(N(c2cccc3sc4ccccc4c23)c2cccc3c4ccccc4n(C4(c5ccccc5)c5ccccc5-c5ccccc54)c23)cc1. The van der Waals surface area contributed by atoms with Crippen LogP contribution in [0, 0.1) is 0 Å². The van der Waals surface area contributed by atoms with E-state index in [0.29, 0.717) is 0 Å². The summed E-state index contributed by atoms with van der Waals surface area (Å²) in [7, 11) is 0. The summed E-state index contributed by atoms with van der Waals surface area (Å²) in [4.78, 5) is 2.50. The van der Waals surface area contributed by atoms with Crippen LogP contribution in [0.25, 0.3) is 53.1 Å². The van der Waals surface area contributed by atoms with Crippen LogP contribution in [0.2, 0.25) is 0 Å². The first kappa shape index (κ1) is 29.3. The Kier molecular flexibility index (Phi) is 6.37. The Morgan fingerprint density at radius 2 is 0.981 bits per heavy atom. The molecule has 0 N–H and O–H groups in total. The minimum atomic E-state index is -0.644. The fourth-order valence-electron chi connectivity index (χ4n) is 9.03. The highest BCUT2D eigenvalue weighted by Gasteiger charge is 2.48. The molecule has 2 aromatic heterocycles. The first-order valence-electron chi connectivity index (χ1n) is 17.9. The van der Waals surface area contributed by atoms with Gasteiger partial charge in [0, 0.05) is 36.6 Å². The molecule has 0 atom stereocenters. The maximum Gasteiger partial charge on any atom is 0.122 e. The van der Waals surface area contributed by atoms with Crippen molar-refractivity contribution in [1.29, 1.82) is 0 Å². The van der Waals surface area contributed by atoms with Crippen LogP contribution in [0.15, 0.2) is 194 Å². The first-order valence-corrected chi connectivity index (χ1v) is 18.7. The predicted molar refractivity (Wildman–Crippen MR) is 221 cm³/mol. The first-order chi connectivity index (χ1) is 25.8. The molecule has 0 fully saturated rings. The van der Waals surface area contributed by atoms with Gasteiger partial charge in [-0.25, -0.2) is 0 Å². The minimum Gasteiger partial charge on any atom is -0.320 e. The van der Waals surface area contributed by atoms with Gasteiger partial charge in [0.05, 0.1) is 22.4 Å². The van der Waals surface area contributed by atoms with Crippen LogP contribution in [0.5, 0.6) is 0 Å². The zero-order chi connectivity index (χ0) is 34.2. The number of rotatable bonds is 5. The van der Waals surface area contributed by atoms with E-state index in [1.807, 2.05) is 11.3 Å². The van der Waals surface area contributed by atoms with Gasteiger partial charge in [0.15, 0.2) is 0 Å². The molecule has 8 aromatic carbocycles. The van der Waals surface area contributed by atoms with Crippen LogP contribution in [-0.4, -0.2) is 4.57 Å². The van der Waals surface area contributed by atoms with Crippen molar-refractivity contribution in [3.05, 3.63) is 211 Å². The Balaban J connectivity index is 1.35. The van der Waals surface area contributed by atoms with Crippen LogP contribution in [0.4, 0.5) is 17.1 Å². The van der Waals surface area contributed by atoms with Crippen molar-refractivity contribution < 1.29 is 0 Å². The number of aromatic nitrogens is 1. The summed E-state index contributed by atoms with van der Waals surface area (Å²) in [5.74, 6) is 0. The van der Waals surface area contributed by atoms with E-state index >= 15 is 0 Å². The van der Waals surface area contributed by atoms with E-state index in [9.17, 15) is 0 Å². The van der Waals surface area contributed by atoms with Crippen molar-refractivity contribution in [2.45, 2.75) is 5.54 Å². The van der Waals surface area contributed by atoms with Gasteiger partial charge < -0.3 is 9.47 Å². The molecule has 0 amide bonds. The largest absolute Gasteiger partial charge is 0.320 e. The van der Waals surface area contributed by atoms with Gasteiger partial charge in [0.25, 0.3) is 0 Å². The Hall–Kier alpha value is -6.42. The summed E-state index contributed by atoms with van der Waals surface area (Å²) < 4.78 is 5.26. The van der Waals surface area contributed by atoms with E-state index < -0.39 is 5.54 Å². The van der Waals surface area contributed by atoms with Crippen molar-refractivity contribution in [3.63, 3.8) is 0 Å². The summed E-state index contributed by atoms with van der Waals surface area (Å²) in [6.45, 7) is 0. The van der Waals surface area contributed by atoms with Gasteiger partial charge >= 0.3 is 0 Å². The third-order valence-electron chi connectivity index (χ3n) is 11.0. The number of hydrogen-bond acceptors (Lipinski definition) is 2. The predicted octanol–water partition coefficient (Wildman–Crippen LogP) is 13.5. The van der Waals surface area contributed by atoms with Crippen LogP contribution < -0.4 is 4.90 Å². The molecule has 52 heavy (non-hydrogen) atoms. The molecule has 0 unspecified atom stereocenters. The van der Waals surface area contributed by atoms with E-state index in [1.165, 1.54) is 75.5 Å². The van der Waals surface area contributed by atoms with Gasteiger partial charge in [-0.3, -0.25) is 0 Å². The van der Waals surface area contributed by atoms with E-state index in [2.05, 4.69) is 204 Å². The number of thiophene rings is 1. The normalized spacial score (nSPS) is 13.2. The van der Waals surface area contributed by atoms with Crippen molar-refractivity contribution in [1.82, 2.24) is 4.57 Å². The topological polar surface area (TPSA) is 8.17 Å². The third-order valence-corrected chi connectivity index (χ3v) is 12.1. The van der Waals surface area contributed by atoms with E-state index in [-0.39, 0.29) is 0 Å². The molecule has 0 bridgehead atoms. The van der Waals surface area contributed by atoms with Crippen LogP contribution in [0.3, 0.4) is 0 Å². The smallest absolute Gasteiger partial charge is 0.122 e. The molecule has 0 radical (unpaired) electrons. The fraction of sp³-hybridized carbons (Fsp3) is 0.0204. The number of para-hydroxylation sites is 3. The number of anilines is 3. The second kappa shape index (κ2) is 11.3. The third kappa shape index (κ3) is 3.94. The molecule has 11 rings (SSSR count). The Morgan fingerprint density at radius 3 is 1.75 bits per heavy atom. The second-order valence-electron chi connectivity index (χ2n) is 13.6.